The summed E-state index contributed by atoms with van der Waals surface area (Å²) >= 11 is 0. The fraction of sp³-hybridized carbons (Fsp3) is 0.368. The Morgan fingerprint density at radius 2 is 1.75 bits per heavy atom. The van der Waals surface area contributed by atoms with E-state index >= 15 is 0 Å². The van der Waals surface area contributed by atoms with Gasteiger partial charge in [-0.25, -0.2) is 0 Å². The summed E-state index contributed by atoms with van der Waals surface area (Å²) in [5.41, 5.74) is 0.937. The van der Waals surface area contributed by atoms with E-state index in [9.17, 15) is 9.59 Å². The van der Waals surface area contributed by atoms with E-state index in [2.05, 4.69) is 0 Å². The number of carbonyl (C=O) groups is 2. The number of carboxylic acids is 1. The smallest absolute Gasteiger partial charge is 0.309 e. The zero-order valence-corrected chi connectivity index (χ0v) is 14.1. The third kappa shape index (κ3) is 3.85. The van der Waals surface area contributed by atoms with Crippen LogP contribution in [0.1, 0.15) is 31.2 Å². The number of carbonyl (C=O) groups excluding carboxylic acids is 1. The molecule has 2 atom stereocenters. The molecule has 0 heterocycles. The molecular formula is C19H22O5. The summed E-state index contributed by atoms with van der Waals surface area (Å²) < 4.78 is 10.0. The van der Waals surface area contributed by atoms with E-state index in [1.807, 2.05) is 43.3 Å². The highest BCUT2D eigenvalue weighted by molar-refractivity contribution is 5.85. The topological polar surface area (TPSA) is 72.8 Å². The summed E-state index contributed by atoms with van der Waals surface area (Å²) in [4.78, 5) is 23.2. The van der Waals surface area contributed by atoms with Crippen LogP contribution in [-0.2, 0) is 14.3 Å². The summed E-state index contributed by atoms with van der Waals surface area (Å²) in [6.07, 6.45) is 0.403. The first-order chi connectivity index (χ1) is 11.5. The van der Waals surface area contributed by atoms with Crippen molar-refractivity contribution in [2.75, 3.05) is 14.2 Å². The molecule has 24 heavy (non-hydrogen) atoms. The summed E-state index contributed by atoms with van der Waals surface area (Å²) in [6, 6.07) is 11.7. The van der Waals surface area contributed by atoms with Crippen LogP contribution in [0.4, 0.5) is 0 Å². The second kappa shape index (κ2) is 7.81. The average Bonchev–Trinajstić information content (AvgIpc) is 2.59. The molecule has 0 amide bonds. The summed E-state index contributed by atoms with van der Waals surface area (Å²) in [7, 11) is 2.91. The van der Waals surface area contributed by atoms with Gasteiger partial charge in [-0.3, -0.25) is 9.59 Å². The summed E-state index contributed by atoms with van der Waals surface area (Å²) in [6.45, 7) is 1.95. The lowest BCUT2D eigenvalue weighted by Gasteiger charge is -2.23. The monoisotopic (exact) mass is 330 g/mol. The molecule has 0 saturated heterocycles. The Hall–Kier alpha value is -2.56. The third-order valence-electron chi connectivity index (χ3n) is 4.32. The van der Waals surface area contributed by atoms with Crippen LogP contribution in [0.25, 0.3) is 10.8 Å². The fourth-order valence-corrected chi connectivity index (χ4v) is 3.08. The van der Waals surface area contributed by atoms with E-state index in [0.717, 1.165) is 22.1 Å². The molecule has 1 N–H and O–H groups in total. The Morgan fingerprint density at radius 1 is 1.08 bits per heavy atom. The van der Waals surface area contributed by atoms with Crippen molar-refractivity contribution in [3.05, 3.63) is 42.0 Å². The Labute approximate surface area is 141 Å². The predicted octanol–water partition coefficient (Wildman–Crippen LogP) is 3.61. The van der Waals surface area contributed by atoms with Crippen LogP contribution >= 0.6 is 0 Å². The van der Waals surface area contributed by atoms with Gasteiger partial charge in [-0.15, -0.1) is 0 Å². The zero-order valence-electron chi connectivity index (χ0n) is 14.1. The molecule has 2 unspecified atom stereocenters. The first-order valence-corrected chi connectivity index (χ1v) is 7.87. The maximum absolute atomic E-state index is 12.1. The lowest BCUT2D eigenvalue weighted by molar-refractivity contribution is -0.151. The quantitative estimate of drug-likeness (QED) is 0.785. The standard InChI is InChI=1S/C19H22O5/c1-4-16(17(11-18(20)21)19(22)24-3)14-6-5-13-10-15(23-2)8-7-12(13)9-14/h5-10,16-17H,4,11H2,1-3H3,(H,20,21). The van der Waals surface area contributed by atoms with Crippen LogP contribution in [0.2, 0.25) is 0 Å². The average molecular weight is 330 g/mol. The molecule has 128 valence electrons. The Kier molecular flexibility index (Phi) is 5.79. The van der Waals surface area contributed by atoms with Crippen molar-refractivity contribution < 1.29 is 24.2 Å². The number of hydrogen-bond donors (Lipinski definition) is 1. The van der Waals surface area contributed by atoms with E-state index in [0.29, 0.717) is 6.42 Å². The van der Waals surface area contributed by atoms with Gasteiger partial charge in [0, 0.05) is 0 Å². The molecule has 0 aromatic heterocycles. The number of rotatable bonds is 7. The minimum atomic E-state index is -1.01. The van der Waals surface area contributed by atoms with Crippen LogP contribution in [0.15, 0.2) is 36.4 Å². The van der Waals surface area contributed by atoms with Crippen molar-refractivity contribution in [1.29, 1.82) is 0 Å². The second-order valence-corrected chi connectivity index (χ2v) is 5.71. The Morgan fingerprint density at radius 3 is 2.33 bits per heavy atom. The van der Waals surface area contributed by atoms with Crippen LogP contribution < -0.4 is 4.74 Å². The molecule has 0 aliphatic carbocycles. The number of fused-ring (bicyclic) bond motifs is 1. The number of ether oxygens (including phenoxy) is 2. The van der Waals surface area contributed by atoms with Crippen LogP contribution in [0.5, 0.6) is 5.75 Å². The number of hydrogen-bond acceptors (Lipinski definition) is 4. The van der Waals surface area contributed by atoms with E-state index in [-0.39, 0.29) is 12.3 Å². The van der Waals surface area contributed by atoms with Crippen molar-refractivity contribution >= 4 is 22.7 Å². The van der Waals surface area contributed by atoms with Crippen molar-refractivity contribution in [2.45, 2.75) is 25.7 Å². The molecule has 0 radical (unpaired) electrons. The van der Waals surface area contributed by atoms with Gasteiger partial charge in [-0.2, -0.15) is 0 Å². The SMILES string of the molecule is CCC(c1ccc2cc(OC)ccc2c1)C(CC(=O)O)C(=O)OC. The number of carboxylic acid groups (broad SMARTS) is 1. The number of esters is 1. The molecule has 0 saturated carbocycles. The molecule has 0 bridgehead atoms. The van der Waals surface area contributed by atoms with Gasteiger partial charge >= 0.3 is 11.9 Å². The highest BCUT2D eigenvalue weighted by Crippen LogP contribution is 2.34. The Bertz CT molecular complexity index is 738. The van der Waals surface area contributed by atoms with Gasteiger partial charge in [0.1, 0.15) is 5.75 Å². The minimum Gasteiger partial charge on any atom is -0.497 e. The third-order valence-corrected chi connectivity index (χ3v) is 4.32. The number of benzene rings is 2. The normalized spacial score (nSPS) is 13.3. The number of aliphatic carboxylic acids is 1. The van der Waals surface area contributed by atoms with E-state index in [1.54, 1.807) is 7.11 Å². The summed E-state index contributed by atoms with van der Waals surface area (Å²) in [5, 5.41) is 11.2. The lowest BCUT2D eigenvalue weighted by atomic mass is 9.81. The molecule has 2 aromatic rings. The van der Waals surface area contributed by atoms with Gasteiger partial charge < -0.3 is 14.6 Å². The molecule has 0 spiro atoms. The fourth-order valence-electron chi connectivity index (χ4n) is 3.08. The lowest BCUT2D eigenvalue weighted by Crippen LogP contribution is -2.26. The van der Waals surface area contributed by atoms with Crippen LogP contribution in [-0.4, -0.2) is 31.3 Å². The van der Waals surface area contributed by atoms with Gasteiger partial charge in [0.15, 0.2) is 0 Å². The van der Waals surface area contributed by atoms with E-state index in [4.69, 9.17) is 14.6 Å². The summed E-state index contributed by atoms with van der Waals surface area (Å²) in [5.74, 6) is -1.62. The second-order valence-electron chi connectivity index (χ2n) is 5.71. The molecule has 0 fully saturated rings. The predicted molar refractivity (Wildman–Crippen MR) is 91.3 cm³/mol. The van der Waals surface area contributed by atoms with Gasteiger partial charge in [0.2, 0.25) is 0 Å². The maximum atomic E-state index is 12.1. The Balaban J connectivity index is 2.42. The largest absolute Gasteiger partial charge is 0.497 e. The first-order valence-electron chi connectivity index (χ1n) is 7.87. The molecule has 0 aliphatic heterocycles. The van der Waals surface area contributed by atoms with Crippen LogP contribution in [0.3, 0.4) is 0 Å². The molecule has 2 aromatic carbocycles. The van der Waals surface area contributed by atoms with Gasteiger partial charge in [-0.05, 0) is 40.8 Å². The molecule has 5 heteroatoms. The minimum absolute atomic E-state index is 0.208. The molecule has 0 aliphatic rings. The first kappa shape index (κ1) is 17.8. The highest BCUT2D eigenvalue weighted by atomic mass is 16.5. The molecular weight excluding hydrogens is 308 g/mol. The zero-order chi connectivity index (χ0) is 17.7. The van der Waals surface area contributed by atoms with Crippen LogP contribution in [0, 0.1) is 5.92 Å². The van der Waals surface area contributed by atoms with Crippen molar-refractivity contribution in [2.24, 2.45) is 5.92 Å². The van der Waals surface area contributed by atoms with E-state index in [1.165, 1.54) is 7.11 Å². The van der Waals surface area contributed by atoms with Crippen molar-refractivity contribution in [3.63, 3.8) is 0 Å². The van der Waals surface area contributed by atoms with E-state index < -0.39 is 17.9 Å². The van der Waals surface area contributed by atoms with Crippen molar-refractivity contribution in [3.8, 4) is 5.75 Å². The van der Waals surface area contributed by atoms with Crippen molar-refractivity contribution in [1.82, 2.24) is 0 Å². The highest BCUT2D eigenvalue weighted by Gasteiger charge is 2.31. The number of methoxy groups -OCH3 is 2. The van der Waals surface area contributed by atoms with Gasteiger partial charge in [0.05, 0.1) is 26.6 Å². The molecule has 5 nitrogen and oxygen atoms in total. The molecule has 2 rings (SSSR count). The maximum Gasteiger partial charge on any atom is 0.309 e. The van der Waals surface area contributed by atoms with Gasteiger partial charge in [-0.1, -0.05) is 31.2 Å². The van der Waals surface area contributed by atoms with Gasteiger partial charge in [0.25, 0.3) is 0 Å².